The molecule has 1 fully saturated rings. The summed E-state index contributed by atoms with van der Waals surface area (Å²) in [6.07, 6.45) is 3.40. The molecule has 1 aromatic heterocycles. The number of rotatable bonds is 9. The van der Waals surface area contributed by atoms with Crippen molar-refractivity contribution < 1.29 is 19.0 Å². The fourth-order valence-corrected chi connectivity index (χ4v) is 4.07. The van der Waals surface area contributed by atoms with Gasteiger partial charge in [-0.25, -0.2) is 9.97 Å². The molecule has 1 amide bonds. The van der Waals surface area contributed by atoms with Gasteiger partial charge in [0, 0.05) is 50.1 Å². The number of anilines is 3. The average Bonchev–Trinajstić information content (AvgIpc) is 2.84. The molecule has 1 atom stereocenters. The van der Waals surface area contributed by atoms with Crippen LogP contribution in [0.15, 0.2) is 24.5 Å². The average molecular weight is 444 g/mol. The van der Waals surface area contributed by atoms with Crippen LogP contribution in [0.3, 0.4) is 0 Å². The van der Waals surface area contributed by atoms with Crippen LogP contribution in [0.1, 0.15) is 26.7 Å². The number of carbonyl (C=O) groups excluding carboxylic acids is 1. The Morgan fingerprint density at radius 1 is 1.09 bits per heavy atom. The number of hydrogen-bond donors (Lipinski definition) is 1. The summed E-state index contributed by atoms with van der Waals surface area (Å²) in [5.41, 5.74) is 0.748. The van der Waals surface area contributed by atoms with Crippen LogP contribution >= 0.6 is 0 Å². The minimum absolute atomic E-state index is 0.00913. The maximum Gasteiger partial charge on any atom is 0.227 e. The first-order chi connectivity index (χ1) is 15.5. The van der Waals surface area contributed by atoms with Crippen LogP contribution in [0.25, 0.3) is 0 Å². The molecule has 1 saturated heterocycles. The molecule has 32 heavy (non-hydrogen) atoms. The fourth-order valence-electron chi connectivity index (χ4n) is 4.07. The first-order valence-electron chi connectivity index (χ1n) is 11.0. The molecule has 0 spiro atoms. The predicted molar refractivity (Wildman–Crippen MR) is 124 cm³/mol. The lowest BCUT2D eigenvalue weighted by Crippen LogP contribution is -2.45. The third-order valence-electron chi connectivity index (χ3n) is 5.76. The lowest BCUT2D eigenvalue weighted by atomic mass is 9.96. The SMILES string of the molecule is CCN(CC)C(=O)C1CCCN(c2cc(Nc3cc(OC)c(OC)c(OC)c3)ncn2)C1. The summed E-state index contributed by atoms with van der Waals surface area (Å²) in [5.74, 6) is 3.29. The van der Waals surface area contributed by atoms with E-state index in [4.69, 9.17) is 14.2 Å². The van der Waals surface area contributed by atoms with Crippen molar-refractivity contribution >= 4 is 23.2 Å². The van der Waals surface area contributed by atoms with Crippen molar-refractivity contribution in [1.82, 2.24) is 14.9 Å². The molecule has 9 heteroatoms. The van der Waals surface area contributed by atoms with E-state index in [1.54, 1.807) is 21.3 Å². The van der Waals surface area contributed by atoms with Crippen molar-refractivity contribution in [2.75, 3.05) is 57.7 Å². The number of piperidine rings is 1. The highest BCUT2D eigenvalue weighted by molar-refractivity contribution is 5.79. The van der Waals surface area contributed by atoms with Gasteiger partial charge in [-0.3, -0.25) is 4.79 Å². The van der Waals surface area contributed by atoms with Crippen LogP contribution in [0, 0.1) is 5.92 Å². The Hall–Kier alpha value is -3.23. The molecule has 0 aliphatic carbocycles. The zero-order chi connectivity index (χ0) is 23.1. The van der Waals surface area contributed by atoms with Gasteiger partial charge in [0.25, 0.3) is 0 Å². The smallest absolute Gasteiger partial charge is 0.227 e. The van der Waals surface area contributed by atoms with Gasteiger partial charge in [0.15, 0.2) is 11.5 Å². The first kappa shape index (κ1) is 23.4. The lowest BCUT2D eigenvalue weighted by molar-refractivity contribution is -0.135. The molecule has 1 aliphatic rings. The summed E-state index contributed by atoms with van der Waals surface area (Å²) in [6.45, 7) is 7.05. The molecule has 0 radical (unpaired) electrons. The Morgan fingerprint density at radius 2 is 1.78 bits per heavy atom. The molecule has 1 N–H and O–H groups in total. The molecule has 0 bridgehead atoms. The highest BCUT2D eigenvalue weighted by Crippen LogP contribution is 2.40. The van der Waals surface area contributed by atoms with Gasteiger partial charge in [0.1, 0.15) is 18.0 Å². The molecule has 174 valence electrons. The molecule has 9 nitrogen and oxygen atoms in total. The Labute approximate surface area is 189 Å². The summed E-state index contributed by atoms with van der Waals surface area (Å²) >= 11 is 0. The molecular weight excluding hydrogens is 410 g/mol. The highest BCUT2D eigenvalue weighted by atomic mass is 16.5. The molecule has 1 aliphatic heterocycles. The normalized spacial score (nSPS) is 15.8. The Bertz CT molecular complexity index is 894. The van der Waals surface area contributed by atoms with Gasteiger partial charge in [-0.2, -0.15) is 0 Å². The van der Waals surface area contributed by atoms with Crippen LogP contribution in [-0.4, -0.2) is 68.3 Å². The molecule has 3 rings (SSSR count). The van der Waals surface area contributed by atoms with Crippen LogP contribution < -0.4 is 24.4 Å². The topological polar surface area (TPSA) is 89.1 Å². The number of nitrogens with one attached hydrogen (secondary N) is 1. The molecule has 0 saturated carbocycles. The van der Waals surface area contributed by atoms with Crippen LogP contribution in [-0.2, 0) is 4.79 Å². The van der Waals surface area contributed by atoms with Crippen molar-refractivity contribution in [1.29, 1.82) is 0 Å². The van der Waals surface area contributed by atoms with Gasteiger partial charge in [-0.1, -0.05) is 0 Å². The Morgan fingerprint density at radius 3 is 2.38 bits per heavy atom. The minimum atomic E-state index is -0.00913. The summed E-state index contributed by atoms with van der Waals surface area (Å²) in [7, 11) is 4.73. The van der Waals surface area contributed by atoms with Crippen molar-refractivity contribution in [2.45, 2.75) is 26.7 Å². The molecule has 1 aromatic carbocycles. The van der Waals surface area contributed by atoms with Gasteiger partial charge < -0.3 is 29.3 Å². The Kier molecular flexibility index (Phi) is 7.97. The maximum absolute atomic E-state index is 12.8. The number of methoxy groups -OCH3 is 3. The van der Waals surface area contributed by atoms with Crippen molar-refractivity contribution in [3.63, 3.8) is 0 Å². The number of benzene rings is 1. The van der Waals surface area contributed by atoms with Crippen LogP contribution in [0.2, 0.25) is 0 Å². The van der Waals surface area contributed by atoms with E-state index in [2.05, 4.69) is 20.2 Å². The number of hydrogen-bond acceptors (Lipinski definition) is 8. The van der Waals surface area contributed by atoms with E-state index in [1.807, 2.05) is 36.9 Å². The van der Waals surface area contributed by atoms with E-state index >= 15 is 0 Å². The van der Waals surface area contributed by atoms with E-state index in [0.29, 0.717) is 29.6 Å². The summed E-state index contributed by atoms with van der Waals surface area (Å²) in [6, 6.07) is 5.54. The lowest BCUT2D eigenvalue weighted by Gasteiger charge is -2.35. The fraction of sp³-hybridized carbons (Fsp3) is 0.522. The maximum atomic E-state index is 12.8. The third-order valence-corrected chi connectivity index (χ3v) is 5.76. The molecule has 2 aromatic rings. The van der Waals surface area contributed by atoms with E-state index < -0.39 is 0 Å². The number of aromatic nitrogens is 2. The third kappa shape index (κ3) is 5.15. The van der Waals surface area contributed by atoms with Gasteiger partial charge >= 0.3 is 0 Å². The van der Waals surface area contributed by atoms with Crippen molar-refractivity contribution in [3.8, 4) is 17.2 Å². The summed E-state index contributed by atoms with van der Waals surface area (Å²) in [4.78, 5) is 25.7. The van der Waals surface area contributed by atoms with Crippen LogP contribution in [0.5, 0.6) is 17.2 Å². The van der Waals surface area contributed by atoms with E-state index in [1.165, 1.54) is 6.33 Å². The van der Waals surface area contributed by atoms with Crippen molar-refractivity contribution in [2.24, 2.45) is 5.92 Å². The largest absolute Gasteiger partial charge is 0.493 e. The number of carbonyl (C=O) groups is 1. The minimum Gasteiger partial charge on any atom is -0.493 e. The second kappa shape index (κ2) is 10.9. The zero-order valence-corrected chi connectivity index (χ0v) is 19.6. The first-order valence-corrected chi connectivity index (χ1v) is 11.0. The number of amides is 1. The monoisotopic (exact) mass is 443 g/mol. The van der Waals surface area contributed by atoms with Gasteiger partial charge in [-0.15, -0.1) is 0 Å². The van der Waals surface area contributed by atoms with Gasteiger partial charge in [0.05, 0.1) is 27.2 Å². The van der Waals surface area contributed by atoms with Crippen molar-refractivity contribution in [3.05, 3.63) is 24.5 Å². The van der Waals surface area contributed by atoms with E-state index in [-0.39, 0.29) is 11.8 Å². The van der Waals surface area contributed by atoms with Gasteiger partial charge in [-0.05, 0) is 26.7 Å². The predicted octanol–water partition coefficient (Wildman–Crippen LogP) is 3.33. The van der Waals surface area contributed by atoms with Crippen LogP contribution in [0.4, 0.5) is 17.3 Å². The highest BCUT2D eigenvalue weighted by Gasteiger charge is 2.29. The second-order valence-electron chi connectivity index (χ2n) is 7.60. The van der Waals surface area contributed by atoms with Gasteiger partial charge in [0.2, 0.25) is 11.7 Å². The molecule has 1 unspecified atom stereocenters. The summed E-state index contributed by atoms with van der Waals surface area (Å²) < 4.78 is 16.2. The molecule has 2 heterocycles. The second-order valence-corrected chi connectivity index (χ2v) is 7.60. The van der Waals surface area contributed by atoms with E-state index in [0.717, 1.165) is 44.0 Å². The molecular formula is C23H33N5O4. The quantitative estimate of drug-likeness (QED) is 0.631. The zero-order valence-electron chi connectivity index (χ0n) is 19.6. The Balaban J connectivity index is 1.78. The number of ether oxygens (including phenoxy) is 3. The van der Waals surface area contributed by atoms with E-state index in [9.17, 15) is 4.79 Å². The standard InChI is InChI=1S/C23H33N5O4/c1-6-27(7-2)23(29)16-9-8-10-28(14-16)21-13-20(24-15-25-21)26-17-11-18(30-3)22(32-5)19(12-17)31-4/h11-13,15-16H,6-10,14H2,1-5H3,(H,24,25,26). The summed E-state index contributed by atoms with van der Waals surface area (Å²) in [5, 5.41) is 3.29. The number of nitrogens with zero attached hydrogens (tertiary/aromatic N) is 4.